The molecule has 0 saturated carbocycles. The first-order chi connectivity index (χ1) is 13.9. The van der Waals surface area contributed by atoms with E-state index >= 15 is 0 Å². The van der Waals surface area contributed by atoms with Gasteiger partial charge in [-0.05, 0) is 30.7 Å². The number of nitrogens with zero attached hydrogens (tertiary/aromatic N) is 1. The van der Waals surface area contributed by atoms with Crippen LogP contribution < -0.4 is 4.90 Å². The number of carbonyl (C=O) groups is 2. The average molecular weight is 413 g/mol. The fraction of sp³-hybridized carbons (Fsp3) is 0.238. The molecule has 29 heavy (non-hydrogen) atoms. The second kappa shape index (κ2) is 7.71. The zero-order chi connectivity index (χ0) is 20.4. The van der Waals surface area contributed by atoms with Gasteiger partial charge >= 0.3 is 5.97 Å². The van der Waals surface area contributed by atoms with Crippen LogP contribution in [0.15, 0.2) is 65.1 Å². The van der Waals surface area contributed by atoms with Gasteiger partial charge in [-0.2, -0.15) is 0 Å². The lowest BCUT2D eigenvalue weighted by Crippen LogP contribution is -2.43. The van der Waals surface area contributed by atoms with Gasteiger partial charge in [0.25, 0.3) is 5.91 Å². The third-order valence-corrected chi connectivity index (χ3v) is 6.58. The number of amides is 1. The topological polar surface area (TPSA) is 93.9 Å². The summed E-state index contributed by atoms with van der Waals surface area (Å²) < 4.78 is 34.4. The molecule has 1 aromatic heterocycles. The maximum atomic E-state index is 12.9. The molecule has 4 rings (SSSR count). The number of esters is 1. The SMILES string of the molecule is O=C(OCC(=O)N(c1ccccc1)[C@@H]1CCS(=O)(=O)C1)c1cc2ccccc2o1. The first kappa shape index (κ1) is 19.2. The van der Waals surface area contributed by atoms with E-state index in [0.717, 1.165) is 5.39 Å². The van der Waals surface area contributed by atoms with Gasteiger partial charge in [-0.25, -0.2) is 13.2 Å². The van der Waals surface area contributed by atoms with Crippen molar-refractivity contribution in [1.82, 2.24) is 0 Å². The molecule has 0 aliphatic carbocycles. The van der Waals surface area contributed by atoms with Gasteiger partial charge in [0.15, 0.2) is 16.4 Å². The lowest BCUT2D eigenvalue weighted by Gasteiger charge is -2.28. The summed E-state index contributed by atoms with van der Waals surface area (Å²) in [6.07, 6.45) is 0.348. The fourth-order valence-electron chi connectivity index (χ4n) is 3.48. The normalized spacial score (nSPS) is 17.9. The van der Waals surface area contributed by atoms with Crippen LogP contribution in [0.2, 0.25) is 0 Å². The molecule has 1 saturated heterocycles. The van der Waals surface area contributed by atoms with Gasteiger partial charge in [0.05, 0.1) is 17.5 Å². The number of carbonyl (C=O) groups excluding carboxylic acids is 2. The Morgan fingerprint density at radius 2 is 1.79 bits per heavy atom. The molecular weight excluding hydrogens is 394 g/mol. The van der Waals surface area contributed by atoms with Crippen molar-refractivity contribution in [3.63, 3.8) is 0 Å². The van der Waals surface area contributed by atoms with E-state index in [1.165, 1.54) is 4.90 Å². The van der Waals surface area contributed by atoms with E-state index in [4.69, 9.17) is 9.15 Å². The van der Waals surface area contributed by atoms with E-state index in [2.05, 4.69) is 0 Å². The molecule has 1 aliphatic heterocycles. The van der Waals surface area contributed by atoms with Gasteiger partial charge in [-0.15, -0.1) is 0 Å². The minimum absolute atomic E-state index is 0.00806. The van der Waals surface area contributed by atoms with Crippen molar-refractivity contribution >= 4 is 38.4 Å². The summed E-state index contributed by atoms with van der Waals surface area (Å²) in [5.41, 5.74) is 1.12. The van der Waals surface area contributed by atoms with E-state index in [9.17, 15) is 18.0 Å². The number of furan rings is 1. The number of para-hydroxylation sites is 2. The molecule has 0 spiro atoms. The van der Waals surface area contributed by atoms with Crippen LogP contribution in [0.4, 0.5) is 5.69 Å². The standard InChI is InChI=1S/C21H19NO6S/c23-20(13-27-21(24)19-12-15-6-4-5-9-18(15)28-19)22(16-7-2-1-3-8-16)17-10-11-29(25,26)14-17/h1-9,12,17H,10-11,13-14H2/t17-/m1/s1. The maximum Gasteiger partial charge on any atom is 0.374 e. The number of hydrogen-bond donors (Lipinski definition) is 0. The molecule has 1 fully saturated rings. The molecule has 1 aliphatic rings. The first-order valence-corrected chi connectivity index (χ1v) is 11.0. The summed E-state index contributed by atoms with van der Waals surface area (Å²) >= 11 is 0. The maximum absolute atomic E-state index is 12.9. The van der Waals surface area contributed by atoms with Gasteiger partial charge in [-0.1, -0.05) is 36.4 Å². The zero-order valence-electron chi connectivity index (χ0n) is 15.5. The molecule has 3 aromatic rings. The van der Waals surface area contributed by atoms with Crippen molar-refractivity contribution in [2.24, 2.45) is 0 Å². The molecule has 7 nitrogen and oxygen atoms in total. The quantitative estimate of drug-likeness (QED) is 0.597. The Bertz CT molecular complexity index is 1120. The highest BCUT2D eigenvalue weighted by atomic mass is 32.2. The third-order valence-electron chi connectivity index (χ3n) is 4.83. The van der Waals surface area contributed by atoms with Crippen LogP contribution in [0.25, 0.3) is 11.0 Å². The Morgan fingerprint density at radius 3 is 2.48 bits per heavy atom. The van der Waals surface area contributed by atoms with Gasteiger partial charge in [0.2, 0.25) is 5.76 Å². The fourth-order valence-corrected chi connectivity index (χ4v) is 5.18. The molecular formula is C21H19NO6S. The number of benzene rings is 2. The molecule has 0 unspecified atom stereocenters. The van der Waals surface area contributed by atoms with Crippen molar-refractivity contribution in [2.45, 2.75) is 12.5 Å². The largest absolute Gasteiger partial charge is 0.450 e. The Hall–Kier alpha value is -3.13. The van der Waals surface area contributed by atoms with Crippen molar-refractivity contribution in [3.05, 3.63) is 66.4 Å². The highest BCUT2D eigenvalue weighted by Crippen LogP contribution is 2.25. The minimum Gasteiger partial charge on any atom is -0.450 e. The number of rotatable bonds is 5. The molecule has 1 atom stereocenters. The summed E-state index contributed by atoms with van der Waals surface area (Å²) in [4.78, 5) is 26.6. The zero-order valence-corrected chi connectivity index (χ0v) is 16.3. The highest BCUT2D eigenvalue weighted by molar-refractivity contribution is 7.91. The minimum atomic E-state index is -3.19. The lowest BCUT2D eigenvalue weighted by molar-refractivity contribution is -0.122. The molecule has 0 bridgehead atoms. The lowest BCUT2D eigenvalue weighted by atomic mass is 10.2. The molecule has 0 radical (unpaired) electrons. The van der Waals surface area contributed by atoms with Gasteiger partial charge in [0.1, 0.15) is 5.58 Å². The summed E-state index contributed by atoms with van der Waals surface area (Å²) in [6.45, 7) is -0.513. The van der Waals surface area contributed by atoms with E-state index in [0.29, 0.717) is 17.7 Å². The second-order valence-corrected chi connectivity index (χ2v) is 9.11. The van der Waals surface area contributed by atoms with Crippen LogP contribution in [0, 0.1) is 0 Å². The number of anilines is 1. The van der Waals surface area contributed by atoms with Crippen LogP contribution in [0.3, 0.4) is 0 Å². The average Bonchev–Trinajstić information content (AvgIpc) is 3.30. The predicted octanol–water partition coefficient (Wildman–Crippen LogP) is 2.81. The summed E-state index contributed by atoms with van der Waals surface area (Å²) in [5, 5.41) is 0.757. The van der Waals surface area contributed by atoms with E-state index < -0.39 is 34.4 Å². The second-order valence-electron chi connectivity index (χ2n) is 6.88. The number of fused-ring (bicyclic) bond motifs is 1. The van der Waals surface area contributed by atoms with Gasteiger partial charge < -0.3 is 14.1 Å². The first-order valence-electron chi connectivity index (χ1n) is 9.16. The summed E-state index contributed by atoms with van der Waals surface area (Å²) in [7, 11) is -3.19. The molecule has 8 heteroatoms. The summed E-state index contributed by atoms with van der Waals surface area (Å²) in [5.74, 6) is -1.30. The Morgan fingerprint density at radius 1 is 1.07 bits per heavy atom. The van der Waals surface area contributed by atoms with Crippen LogP contribution in [0.5, 0.6) is 0 Å². The van der Waals surface area contributed by atoms with Crippen molar-refractivity contribution in [2.75, 3.05) is 23.0 Å². The Balaban J connectivity index is 1.50. The third kappa shape index (κ3) is 4.17. The highest BCUT2D eigenvalue weighted by Gasteiger charge is 2.35. The van der Waals surface area contributed by atoms with E-state index in [1.807, 2.05) is 6.07 Å². The predicted molar refractivity (Wildman–Crippen MR) is 107 cm³/mol. The molecule has 2 aromatic carbocycles. The van der Waals surface area contributed by atoms with Crippen LogP contribution in [-0.4, -0.2) is 44.4 Å². The van der Waals surface area contributed by atoms with Crippen molar-refractivity contribution < 1.29 is 27.2 Å². The van der Waals surface area contributed by atoms with Crippen molar-refractivity contribution in [1.29, 1.82) is 0 Å². The van der Waals surface area contributed by atoms with Crippen LogP contribution >= 0.6 is 0 Å². The van der Waals surface area contributed by atoms with Gasteiger partial charge in [0, 0.05) is 11.1 Å². The summed E-state index contributed by atoms with van der Waals surface area (Å²) in [6, 6.07) is 17.0. The molecule has 150 valence electrons. The Kier molecular flexibility index (Phi) is 5.10. The molecule has 2 heterocycles. The van der Waals surface area contributed by atoms with E-state index in [-0.39, 0.29) is 17.3 Å². The van der Waals surface area contributed by atoms with Crippen LogP contribution in [-0.2, 0) is 19.4 Å². The van der Waals surface area contributed by atoms with Crippen LogP contribution in [0.1, 0.15) is 17.0 Å². The molecule has 1 amide bonds. The monoisotopic (exact) mass is 413 g/mol. The number of sulfone groups is 1. The Labute approximate surface area is 167 Å². The van der Waals surface area contributed by atoms with Gasteiger partial charge in [-0.3, -0.25) is 4.79 Å². The van der Waals surface area contributed by atoms with Crippen molar-refractivity contribution in [3.8, 4) is 0 Å². The number of hydrogen-bond acceptors (Lipinski definition) is 6. The van der Waals surface area contributed by atoms with E-state index in [1.54, 1.807) is 54.6 Å². The molecule has 0 N–H and O–H groups in total. The smallest absolute Gasteiger partial charge is 0.374 e. The number of ether oxygens (including phenoxy) is 1.